The molecule has 0 fully saturated rings. The fraction of sp³-hybridized carbons (Fsp3) is 0.217. The van der Waals surface area contributed by atoms with Gasteiger partial charge < -0.3 is 14.6 Å². The highest BCUT2D eigenvalue weighted by Gasteiger charge is 2.18. The third kappa shape index (κ3) is 3.27. The molecule has 0 bridgehead atoms. The lowest BCUT2D eigenvalue weighted by Gasteiger charge is -2.14. The molecule has 152 valence electrons. The van der Waals surface area contributed by atoms with Crippen LogP contribution >= 0.6 is 0 Å². The Morgan fingerprint density at radius 1 is 1.30 bits per heavy atom. The first-order chi connectivity index (χ1) is 16.1. The summed E-state index contributed by atoms with van der Waals surface area (Å²) in [5.74, 6) is -0.586. The first-order valence-electron chi connectivity index (χ1n) is 11.4. The van der Waals surface area contributed by atoms with E-state index in [4.69, 9.17) is 10.2 Å². The summed E-state index contributed by atoms with van der Waals surface area (Å²) >= 11 is 0. The average molecular weight is 408 g/mol. The van der Waals surface area contributed by atoms with Gasteiger partial charge in [-0.2, -0.15) is 0 Å². The number of benzene rings is 1. The Labute approximate surface area is 178 Å². The molecule has 0 unspecified atom stereocenters. The molecule has 0 saturated carbocycles. The minimum atomic E-state index is -2.36. The highest BCUT2D eigenvalue weighted by molar-refractivity contribution is 5.87. The molecule has 0 atom stereocenters. The van der Waals surface area contributed by atoms with Gasteiger partial charge in [0.1, 0.15) is 18.1 Å². The van der Waals surface area contributed by atoms with E-state index in [9.17, 15) is 9.18 Å². The number of nitrogens with one attached hydrogen (secondary N) is 1. The fourth-order valence-corrected chi connectivity index (χ4v) is 3.68. The normalized spacial score (nSPS) is 17.5. The van der Waals surface area contributed by atoms with Crippen molar-refractivity contribution in [3.63, 3.8) is 0 Å². The molecule has 6 nitrogen and oxygen atoms in total. The molecular weight excluding hydrogens is 383 g/mol. The Hall–Kier alpha value is -3.45. The molecule has 3 aromatic heterocycles. The standard InChI is InChI=1S/C23H21FN4O2/c1-27-21-6-8-25-13-20(21)19-5-4-17(10-22(19)27)28-9-7-18(11-23(28)29)30-14-16-3-2-15(24)12-26-16/h2-5,7,9-12,25H,6,8,13-14H2,1H3/i6D2,14D2. The zero-order chi connectivity index (χ0) is 24.3. The second-order valence-corrected chi connectivity index (χ2v) is 7.00. The van der Waals surface area contributed by atoms with Crippen molar-refractivity contribution in [1.29, 1.82) is 0 Å². The molecular formula is C23H21FN4O2. The van der Waals surface area contributed by atoms with E-state index < -0.39 is 24.3 Å². The van der Waals surface area contributed by atoms with E-state index in [1.807, 2.05) is 23.7 Å². The quantitative estimate of drug-likeness (QED) is 0.564. The number of pyridine rings is 2. The van der Waals surface area contributed by atoms with E-state index in [1.165, 1.54) is 29.0 Å². The van der Waals surface area contributed by atoms with Gasteiger partial charge in [-0.05, 0) is 35.9 Å². The van der Waals surface area contributed by atoms with Crippen LogP contribution in [-0.2, 0) is 26.5 Å². The summed E-state index contributed by atoms with van der Waals surface area (Å²) in [6.07, 6.45) is 0.875. The summed E-state index contributed by atoms with van der Waals surface area (Å²) < 4.78 is 54.6. The van der Waals surface area contributed by atoms with Crippen molar-refractivity contribution in [3.05, 3.63) is 88.0 Å². The second kappa shape index (κ2) is 7.42. The highest BCUT2D eigenvalue weighted by atomic mass is 19.1. The van der Waals surface area contributed by atoms with E-state index in [2.05, 4.69) is 10.3 Å². The number of aryl methyl sites for hydroxylation is 1. The van der Waals surface area contributed by atoms with Gasteiger partial charge in [-0.25, -0.2) is 4.39 Å². The smallest absolute Gasteiger partial charge is 0.258 e. The first kappa shape index (κ1) is 14.5. The van der Waals surface area contributed by atoms with Crippen molar-refractivity contribution in [3.8, 4) is 11.4 Å². The molecule has 1 aliphatic heterocycles. The highest BCUT2D eigenvalue weighted by Crippen LogP contribution is 2.29. The van der Waals surface area contributed by atoms with E-state index >= 15 is 0 Å². The Balaban J connectivity index is 1.49. The van der Waals surface area contributed by atoms with Crippen LogP contribution in [0, 0.1) is 5.82 Å². The maximum atomic E-state index is 13.1. The lowest BCUT2D eigenvalue weighted by Crippen LogP contribution is -2.24. The zero-order valence-electron chi connectivity index (χ0n) is 20.1. The minimum Gasteiger partial charge on any atom is -0.487 e. The third-order valence-electron chi connectivity index (χ3n) is 5.14. The van der Waals surface area contributed by atoms with Crippen molar-refractivity contribution in [1.82, 2.24) is 19.4 Å². The molecule has 30 heavy (non-hydrogen) atoms. The molecule has 0 radical (unpaired) electrons. The predicted molar refractivity (Wildman–Crippen MR) is 112 cm³/mol. The molecule has 0 saturated heterocycles. The van der Waals surface area contributed by atoms with E-state index in [1.54, 1.807) is 6.07 Å². The van der Waals surface area contributed by atoms with Crippen molar-refractivity contribution >= 4 is 10.9 Å². The SMILES string of the molecule is [2H]C1([2H])CNCc2c1n(C)c1cc(-n3ccc(OC([2H])([2H])c4ccc(F)cn4)cc3=O)ccc21. The monoisotopic (exact) mass is 408 g/mol. The molecule has 7 heteroatoms. The number of hydrogen-bond donors (Lipinski definition) is 1. The zero-order valence-corrected chi connectivity index (χ0v) is 16.1. The molecule has 1 aromatic carbocycles. The van der Waals surface area contributed by atoms with Crippen LogP contribution < -0.4 is 15.6 Å². The molecule has 1 aliphatic rings. The number of hydrogen-bond acceptors (Lipinski definition) is 4. The van der Waals surface area contributed by atoms with Gasteiger partial charge in [0, 0.05) is 52.6 Å². The van der Waals surface area contributed by atoms with Gasteiger partial charge in [-0.1, -0.05) is 6.07 Å². The van der Waals surface area contributed by atoms with Crippen molar-refractivity contribution < 1.29 is 14.6 Å². The summed E-state index contributed by atoms with van der Waals surface area (Å²) in [4.78, 5) is 16.6. The molecule has 1 N–H and O–H groups in total. The third-order valence-corrected chi connectivity index (χ3v) is 5.14. The Bertz CT molecular complexity index is 1460. The Kier molecular flexibility index (Phi) is 3.59. The van der Waals surface area contributed by atoms with Gasteiger partial charge in [0.25, 0.3) is 5.56 Å². The molecule has 4 aromatic rings. The predicted octanol–water partition coefficient (Wildman–Crippen LogP) is 3.09. The van der Waals surface area contributed by atoms with Crippen LogP contribution in [0.5, 0.6) is 5.75 Å². The van der Waals surface area contributed by atoms with E-state index in [-0.39, 0.29) is 18.0 Å². The minimum absolute atomic E-state index is 0.00653. The number of fused-ring (bicyclic) bond motifs is 3. The number of rotatable bonds is 4. The lowest BCUT2D eigenvalue weighted by molar-refractivity contribution is 0.300. The topological polar surface area (TPSA) is 61.1 Å². The van der Waals surface area contributed by atoms with E-state index in [0.29, 0.717) is 17.9 Å². The van der Waals surface area contributed by atoms with Gasteiger partial charge >= 0.3 is 0 Å². The Morgan fingerprint density at radius 2 is 2.20 bits per heavy atom. The summed E-state index contributed by atoms with van der Waals surface area (Å²) in [6, 6.07) is 10.4. The van der Waals surface area contributed by atoms with Crippen molar-refractivity contribution in [2.45, 2.75) is 19.5 Å². The van der Waals surface area contributed by atoms with Crippen LogP contribution in [0.2, 0.25) is 0 Å². The average Bonchev–Trinajstić information content (AvgIpc) is 3.06. The van der Waals surface area contributed by atoms with Crippen LogP contribution in [0.4, 0.5) is 4.39 Å². The van der Waals surface area contributed by atoms with Crippen LogP contribution in [0.25, 0.3) is 16.6 Å². The second-order valence-electron chi connectivity index (χ2n) is 7.00. The van der Waals surface area contributed by atoms with Gasteiger partial charge in [0.2, 0.25) is 0 Å². The summed E-state index contributed by atoms with van der Waals surface area (Å²) in [5, 5.41) is 4.04. The Morgan fingerprint density at radius 3 is 3.00 bits per heavy atom. The maximum Gasteiger partial charge on any atom is 0.258 e. The van der Waals surface area contributed by atoms with Gasteiger partial charge in [0.15, 0.2) is 0 Å². The van der Waals surface area contributed by atoms with E-state index in [0.717, 1.165) is 28.7 Å². The summed E-state index contributed by atoms with van der Waals surface area (Å²) in [5.41, 5.74) is 2.38. The molecule has 0 aliphatic carbocycles. The lowest BCUT2D eigenvalue weighted by atomic mass is 10.1. The summed E-state index contributed by atoms with van der Waals surface area (Å²) in [7, 11) is 1.82. The summed E-state index contributed by atoms with van der Waals surface area (Å²) in [6.45, 7) is -1.55. The largest absolute Gasteiger partial charge is 0.487 e. The van der Waals surface area contributed by atoms with Gasteiger partial charge in [0.05, 0.1) is 25.8 Å². The molecule has 0 amide bonds. The van der Waals surface area contributed by atoms with Gasteiger partial charge in [-0.3, -0.25) is 14.3 Å². The van der Waals surface area contributed by atoms with Crippen LogP contribution in [-0.4, -0.2) is 20.7 Å². The molecule has 0 spiro atoms. The van der Waals surface area contributed by atoms with Crippen LogP contribution in [0.15, 0.2) is 59.7 Å². The van der Waals surface area contributed by atoms with Crippen LogP contribution in [0.1, 0.15) is 22.4 Å². The van der Waals surface area contributed by atoms with Crippen molar-refractivity contribution in [2.24, 2.45) is 7.05 Å². The maximum absolute atomic E-state index is 13.1. The number of nitrogens with zero attached hydrogens (tertiary/aromatic N) is 3. The fourth-order valence-electron chi connectivity index (χ4n) is 3.68. The number of ether oxygens (including phenoxy) is 1. The molecule has 5 rings (SSSR count). The molecule has 4 heterocycles. The van der Waals surface area contributed by atoms with Gasteiger partial charge in [-0.15, -0.1) is 0 Å². The number of halogens is 1. The van der Waals surface area contributed by atoms with Crippen LogP contribution in [0.3, 0.4) is 0 Å². The van der Waals surface area contributed by atoms with Crippen molar-refractivity contribution in [2.75, 3.05) is 6.54 Å². The number of aromatic nitrogens is 3. The first-order valence-corrected chi connectivity index (χ1v) is 9.43.